The van der Waals surface area contributed by atoms with Crippen molar-refractivity contribution in [3.05, 3.63) is 23.8 Å². The molecule has 0 aliphatic carbocycles. The van der Waals surface area contributed by atoms with Crippen LogP contribution < -0.4 is 5.73 Å². The fourth-order valence-electron chi connectivity index (χ4n) is 1.52. The number of hydrogen-bond donors (Lipinski definition) is 2. The van der Waals surface area contributed by atoms with E-state index >= 15 is 0 Å². The number of esters is 1. The molecular weight excluding hydrogens is 218 g/mol. The number of phenols is 1. The molecule has 0 atom stereocenters. The molecule has 0 unspecified atom stereocenters. The predicted octanol–water partition coefficient (Wildman–Crippen LogP) is 2.57. The van der Waals surface area contributed by atoms with Crippen molar-refractivity contribution in [3.8, 4) is 5.75 Å². The number of aromatic hydroxyl groups is 1. The van der Waals surface area contributed by atoms with Gasteiger partial charge in [-0.15, -0.1) is 0 Å². The number of rotatable bonds is 5. The van der Waals surface area contributed by atoms with E-state index in [1.165, 1.54) is 18.2 Å². The molecular formula is C13H19NO3. The number of nitrogens with two attached hydrogens (primary N) is 1. The molecule has 94 valence electrons. The molecule has 0 amide bonds. The van der Waals surface area contributed by atoms with Crippen molar-refractivity contribution in [1.29, 1.82) is 0 Å². The number of phenolic OH excluding ortho intramolecular Hbond substituents is 1. The van der Waals surface area contributed by atoms with Gasteiger partial charge < -0.3 is 15.6 Å². The van der Waals surface area contributed by atoms with E-state index in [2.05, 4.69) is 13.8 Å². The van der Waals surface area contributed by atoms with Gasteiger partial charge >= 0.3 is 5.97 Å². The van der Waals surface area contributed by atoms with E-state index in [0.29, 0.717) is 18.2 Å². The first-order valence-corrected chi connectivity index (χ1v) is 5.84. The maximum absolute atomic E-state index is 11.7. The van der Waals surface area contributed by atoms with Crippen LogP contribution in [0.25, 0.3) is 0 Å². The molecule has 4 heteroatoms. The minimum Gasteiger partial charge on any atom is -0.508 e. The van der Waals surface area contributed by atoms with Gasteiger partial charge in [-0.1, -0.05) is 26.7 Å². The van der Waals surface area contributed by atoms with Gasteiger partial charge in [0.25, 0.3) is 0 Å². The summed E-state index contributed by atoms with van der Waals surface area (Å²) in [5.74, 6) is -0.100. The summed E-state index contributed by atoms with van der Waals surface area (Å²) in [4.78, 5) is 11.7. The molecule has 0 saturated heterocycles. The van der Waals surface area contributed by atoms with Gasteiger partial charge in [0.05, 0.1) is 12.2 Å². The highest BCUT2D eigenvalue weighted by molar-refractivity contribution is 5.95. The minimum absolute atomic E-state index is 0.00804. The Kier molecular flexibility index (Phi) is 4.82. The van der Waals surface area contributed by atoms with Gasteiger partial charge in [-0.3, -0.25) is 0 Å². The minimum atomic E-state index is -0.481. The van der Waals surface area contributed by atoms with Crippen molar-refractivity contribution < 1.29 is 14.6 Å². The summed E-state index contributed by atoms with van der Waals surface area (Å²) < 4.78 is 5.18. The molecule has 0 aliphatic heterocycles. The summed E-state index contributed by atoms with van der Waals surface area (Å²) >= 11 is 0. The van der Waals surface area contributed by atoms with E-state index in [1.54, 1.807) is 0 Å². The summed E-state index contributed by atoms with van der Waals surface area (Å²) in [6, 6.07) is 4.25. The summed E-state index contributed by atoms with van der Waals surface area (Å²) in [7, 11) is 0. The highest BCUT2D eigenvalue weighted by atomic mass is 16.5. The molecule has 1 rings (SSSR count). The molecule has 0 radical (unpaired) electrons. The molecule has 3 N–H and O–H groups in total. The van der Waals surface area contributed by atoms with Gasteiger partial charge in [0.15, 0.2) is 0 Å². The van der Waals surface area contributed by atoms with Crippen LogP contribution in [0.15, 0.2) is 18.2 Å². The third-order valence-corrected chi connectivity index (χ3v) is 2.86. The van der Waals surface area contributed by atoms with Gasteiger partial charge in [0.1, 0.15) is 5.75 Å². The first-order valence-electron chi connectivity index (χ1n) is 5.84. The number of carbonyl (C=O) groups is 1. The quantitative estimate of drug-likeness (QED) is 0.469. The SMILES string of the molecule is CCC(CC)COC(=O)c1cc(O)ccc1N. The Morgan fingerprint density at radius 1 is 1.41 bits per heavy atom. The Balaban J connectivity index is 2.66. The third-order valence-electron chi connectivity index (χ3n) is 2.86. The zero-order valence-corrected chi connectivity index (χ0v) is 10.3. The van der Waals surface area contributed by atoms with Crippen molar-refractivity contribution >= 4 is 11.7 Å². The first-order chi connectivity index (χ1) is 8.08. The number of benzene rings is 1. The van der Waals surface area contributed by atoms with Crippen LogP contribution in [0.3, 0.4) is 0 Å². The second kappa shape index (κ2) is 6.13. The lowest BCUT2D eigenvalue weighted by molar-refractivity contribution is 0.0434. The van der Waals surface area contributed by atoms with Crippen LogP contribution in [0.5, 0.6) is 5.75 Å². The highest BCUT2D eigenvalue weighted by Gasteiger charge is 2.14. The summed E-state index contributed by atoms with van der Waals surface area (Å²) in [5.41, 5.74) is 6.19. The van der Waals surface area contributed by atoms with Crippen molar-refractivity contribution in [3.63, 3.8) is 0 Å². The zero-order chi connectivity index (χ0) is 12.8. The van der Waals surface area contributed by atoms with Gasteiger partial charge in [-0.05, 0) is 24.1 Å². The van der Waals surface area contributed by atoms with Crippen molar-refractivity contribution in [2.45, 2.75) is 26.7 Å². The molecule has 0 heterocycles. The monoisotopic (exact) mass is 237 g/mol. The summed E-state index contributed by atoms with van der Waals surface area (Å²) in [6.07, 6.45) is 1.94. The van der Waals surface area contributed by atoms with Crippen LogP contribution in [-0.4, -0.2) is 17.7 Å². The molecule has 4 nitrogen and oxygen atoms in total. The number of nitrogen functional groups attached to an aromatic ring is 1. The largest absolute Gasteiger partial charge is 0.508 e. The Bertz CT molecular complexity index is 386. The number of carbonyl (C=O) groups excluding carboxylic acids is 1. The Morgan fingerprint density at radius 2 is 2.06 bits per heavy atom. The predicted molar refractivity (Wildman–Crippen MR) is 66.9 cm³/mol. The van der Waals surface area contributed by atoms with E-state index in [4.69, 9.17) is 10.5 Å². The Morgan fingerprint density at radius 3 is 2.65 bits per heavy atom. The molecule has 1 aromatic rings. The van der Waals surface area contributed by atoms with Crippen LogP contribution >= 0.6 is 0 Å². The average molecular weight is 237 g/mol. The molecule has 0 bridgehead atoms. The van der Waals surface area contributed by atoms with Gasteiger partial charge in [-0.25, -0.2) is 4.79 Å². The molecule has 0 aromatic heterocycles. The molecule has 0 saturated carbocycles. The fraction of sp³-hybridized carbons (Fsp3) is 0.462. The summed E-state index contributed by atoms with van der Waals surface area (Å²) in [5, 5.41) is 9.29. The molecule has 1 aromatic carbocycles. The maximum Gasteiger partial charge on any atom is 0.340 e. The van der Waals surface area contributed by atoms with Crippen molar-refractivity contribution in [2.75, 3.05) is 12.3 Å². The number of hydrogen-bond acceptors (Lipinski definition) is 4. The lowest BCUT2D eigenvalue weighted by Crippen LogP contribution is -2.14. The van der Waals surface area contributed by atoms with Crippen LogP contribution in [0.4, 0.5) is 5.69 Å². The van der Waals surface area contributed by atoms with Crippen molar-refractivity contribution in [1.82, 2.24) is 0 Å². The van der Waals surface area contributed by atoms with E-state index in [-0.39, 0.29) is 11.3 Å². The summed E-state index contributed by atoms with van der Waals surface area (Å²) in [6.45, 7) is 4.51. The number of anilines is 1. The van der Waals surface area contributed by atoms with Gasteiger partial charge in [0.2, 0.25) is 0 Å². The smallest absolute Gasteiger partial charge is 0.340 e. The zero-order valence-electron chi connectivity index (χ0n) is 10.3. The Labute approximate surface area is 101 Å². The van der Waals surface area contributed by atoms with Crippen molar-refractivity contribution in [2.24, 2.45) is 5.92 Å². The molecule has 0 aliphatic rings. The normalized spacial score (nSPS) is 10.5. The standard InChI is InChI=1S/C13H19NO3/c1-3-9(4-2)8-17-13(16)11-7-10(15)5-6-12(11)14/h5-7,9,15H,3-4,8,14H2,1-2H3. The van der Waals surface area contributed by atoms with E-state index in [0.717, 1.165) is 12.8 Å². The van der Waals surface area contributed by atoms with Crippen LogP contribution in [0.1, 0.15) is 37.0 Å². The molecule has 0 spiro atoms. The van der Waals surface area contributed by atoms with E-state index < -0.39 is 5.97 Å². The lowest BCUT2D eigenvalue weighted by Gasteiger charge is -2.13. The lowest BCUT2D eigenvalue weighted by atomic mass is 10.1. The molecule has 0 fully saturated rings. The Hall–Kier alpha value is -1.71. The number of ether oxygens (including phenoxy) is 1. The topological polar surface area (TPSA) is 72.5 Å². The van der Waals surface area contributed by atoms with Gasteiger partial charge in [-0.2, -0.15) is 0 Å². The maximum atomic E-state index is 11.7. The average Bonchev–Trinajstić information content (AvgIpc) is 2.33. The van der Waals surface area contributed by atoms with E-state index in [1.807, 2.05) is 0 Å². The fourth-order valence-corrected chi connectivity index (χ4v) is 1.52. The van der Waals surface area contributed by atoms with E-state index in [9.17, 15) is 9.90 Å². The second-order valence-electron chi connectivity index (χ2n) is 4.05. The van der Waals surface area contributed by atoms with Gasteiger partial charge in [0, 0.05) is 5.69 Å². The highest BCUT2D eigenvalue weighted by Crippen LogP contribution is 2.20. The van der Waals surface area contributed by atoms with Crippen LogP contribution in [0, 0.1) is 5.92 Å². The third kappa shape index (κ3) is 3.66. The second-order valence-corrected chi connectivity index (χ2v) is 4.05. The first kappa shape index (κ1) is 13.4. The van der Waals surface area contributed by atoms with Crippen LogP contribution in [-0.2, 0) is 4.74 Å². The van der Waals surface area contributed by atoms with Crippen LogP contribution in [0.2, 0.25) is 0 Å². The molecule has 17 heavy (non-hydrogen) atoms.